The maximum Gasteiger partial charge on any atom is 0.0434 e. The van der Waals surface area contributed by atoms with E-state index in [-0.39, 0.29) is 7.92 Å². The first-order valence-corrected chi connectivity index (χ1v) is 8.81. The summed E-state index contributed by atoms with van der Waals surface area (Å²) in [6.07, 6.45) is 6.78. The Labute approximate surface area is 109 Å². The van der Waals surface area contributed by atoms with Crippen LogP contribution in [0.1, 0.15) is 40.0 Å². The molecule has 0 aliphatic rings. The fourth-order valence-corrected chi connectivity index (χ4v) is 3.97. The van der Waals surface area contributed by atoms with Gasteiger partial charge in [0.1, 0.15) is 0 Å². The molecular weight excluding hydrogens is 233 g/mol. The van der Waals surface area contributed by atoms with E-state index in [4.69, 9.17) is 10.2 Å². The molecule has 0 bridgehead atoms. The molecule has 0 aliphatic carbocycles. The molecule has 0 spiro atoms. The van der Waals surface area contributed by atoms with Crippen LogP contribution in [-0.2, 0) is 0 Å². The highest BCUT2D eigenvalue weighted by Crippen LogP contribution is 2.37. The van der Waals surface area contributed by atoms with Crippen LogP contribution in [0.4, 0.5) is 0 Å². The Balaban J connectivity index is 0. The van der Waals surface area contributed by atoms with E-state index in [1.54, 1.807) is 0 Å². The van der Waals surface area contributed by atoms with Crippen molar-refractivity contribution in [3.05, 3.63) is 0 Å². The summed E-state index contributed by atoms with van der Waals surface area (Å²) in [6, 6.07) is 0. The first-order valence-electron chi connectivity index (χ1n) is 6.91. The van der Waals surface area contributed by atoms with Gasteiger partial charge in [-0.05, 0) is 44.4 Å². The van der Waals surface area contributed by atoms with E-state index in [2.05, 4.69) is 26.1 Å². The normalized spacial score (nSPS) is 10.2. The van der Waals surface area contributed by atoms with Gasteiger partial charge < -0.3 is 15.5 Å². The van der Waals surface area contributed by atoms with Crippen LogP contribution < -0.4 is 5.32 Å². The van der Waals surface area contributed by atoms with Crippen molar-refractivity contribution in [1.29, 1.82) is 0 Å². The minimum atomic E-state index is 0.107. The van der Waals surface area contributed by atoms with Gasteiger partial charge in [0.2, 0.25) is 0 Å². The summed E-state index contributed by atoms with van der Waals surface area (Å²) in [5.41, 5.74) is 0. The molecule has 0 aromatic rings. The lowest BCUT2D eigenvalue weighted by molar-refractivity contribution is 0.294. The predicted molar refractivity (Wildman–Crippen MR) is 79.4 cm³/mol. The zero-order chi connectivity index (χ0) is 13.4. The van der Waals surface area contributed by atoms with Crippen molar-refractivity contribution in [2.45, 2.75) is 40.0 Å². The molecule has 0 rings (SSSR count). The van der Waals surface area contributed by atoms with E-state index >= 15 is 0 Å². The largest absolute Gasteiger partial charge is 0.396 e. The third kappa shape index (κ3) is 18.9. The van der Waals surface area contributed by atoms with Crippen LogP contribution in [0.2, 0.25) is 0 Å². The molecule has 4 heteroatoms. The first-order chi connectivity index (χ1) is 8.26. The third-order valence-corrected chi connectivity index (χ3v) is 5.28. The second kappa shape index (κ2) is 18.7. The van der Waals surface area contributed by atoms with Gasteiger partial charge in [0.05, 0.1) is 0 Å². The van der Waals surface area contributed by atoms with Crippen LogP contribution in [-0.4, -0.2) is 55.0 Å². The topological polar surface area (TPSA) is 52.5 Å². The highest BCUT2D eigenvalue weighted by molar-refractivity contribution is 7.57. The summed E-state index contributed by atoms with van der Waals surface area (Å²) in [5, 5.41) is 20.5. The summed E-state index contributed by atoms with van der Waals surface area (Å²) < 4.78 is 0. The van der Waals surface area contributed by atoms with Crippen LogP contribution in [0.15, 0.2) is 0 Å². The Morgan fingerprint density at radius 3 is 1.53 bits per heavy atom. The Morgan fingerprint density at radius 2 is 1.29 bits per heavy atom. The Morgan fingerprint density at radius 1 is 0.824 bits per heavy atom. The molecule has 0 aromatic heterocycles. The number of rotatable bonds is 10. The standard InChI is InChI=1S/C9H21O2P.C4H11N/c1-2-7-12(8-3-5-10)9-4-6-11;1-3-5-4-2/h10-11H,2-9H2,1H3;5H,3-4H2,1-2H3. The zero-order valence-corrected chi connectivity index (χ0v) is 12.8. The van der Waals surface area contributed by atoms with Gasteiger partial charge in [0.15, 0.2) is 0 Å². The minimum absolute atomic E-state index is 0.107. The van der Waals surface area contributed by atoms with Gasteiger partial charge in [-0.2, -0.15) is 0 Å². The summed E-state index contributed by atoms with van der Waals surface area (Å²) >= 11 is 0. The van der Waals surface area contributed by atoms with Gasteiger partial charge in [-0.25, -0.2) is 0 Å². The van der Waals surface area contributed by atoms with E-state index in [0.29, 0.717) is 13.2 Å². The van der Waals surface area contributed by atoms with Crippen LogP contribution >= 0.6 is 7.92 Å². The van der Waals surface area contributed by atoms with E-state index < -0.39 is 0 Å². The molecule has 0 heterocycles. The SMILES string of the molecule is CCCP(CCCO)CCCO.CCNCC. The molecule has 0 aliphatic heterocycles. The molecule has 3 N–H and O–H groups in total. The van der Waals surface area contributed by atoms with E-state index in [1.165, 1.54) is 24.9 Å². The van der Waals surface area contributed by atoms with E-state index in [0.717, 1.165) is 25.9 Å². The van der Waals surface area contributed by atoms with Crippen molar-refractivity contribution in [2.24, 2.45) is 0 Å². The zero-order valence-electron chi connectivity index (χ0n) is 11.9. The minimum Gasteiger partial charge on any atom is -0.396 e. The molecule has 0 radical (unpaired) electrons. The van der Waals surface area contributed by atoms with E-state index in [9.17, 15) is 0 Å². The average molecular weight is 265 g/mol. The molecule has 0 fully saturated rings. The summed E-state index contributed by atoms with van der Waals surface area (Å²) in [4.78, 5) is 0. The van der Waals surface area contributed by atoms with Crippen LogP contribution in [0.3, 0.4) is 0 Å². The second-order valence-electron chi connectivity index (χ2n) is 3.95. The van der Waals surface area contributed by atoms with Crippen molar-refractivity contribution in [1.82, 2.24) is 5.32 Å². The maximum atomic E-state index is 8.67. The lowest BCUT2D eigenvalue weighted by atomic mass is 10.5. The van der Waals surface area contributed by atoms with Gasteiger partial charge in [-0.15, -0.1) is 7.92 Å². The quantitative estimate of drug-likeness (QED) is 0.531. The Kier molecular flexibility index (Phi) is 21.6. The number of aliphatic hydroxyl groups is 2. The summed E-state index contributed by atoms with van der Waals surface area (Å²) in [5.74, 6) is 0. The number of hydrogen-bond donors (Lipinski definition) is 3. The number of aliphatic hydroxyl groups excluding tert-OH is 2. The van der Waals surface area contributed by atoms with E-state index in [1.807, 2.05) is 0 Å². The van der Waals surface area contributed by atoms with Crippen LogP contribution in [0.5, 0.6) is 0 Å². The smallest absolute Gasteiger partial charge is 0.0434 e. The number of hydrogen-bond acceptors (Lipinski definition) is 3. The number of nitrogens with one attached hydrogen (secondary N) is 1. The Bertz CT molecular complexity index is 116. The van der Waals surface area contributed by atoms with Gasteiger partial charge in [0.25, 0.3) is 0 Å². The first kappa shape index (κ1) is 19.6. The van der Waals surface area contributed by atoms with Gasteiger partial charge in [-0.1, -0.05) is 27.2 Å². The van der Waals surface area contributed by atoms with Gasteiger partial charge in [-0.3, -0.25) is 0 Å². The predicted octanol–water partition coefficient (Wildman–Crippen LogP) is 2.26. The monoisotopic (exact) mass is 265 g/mol. The van der Waals surface area contributed by atoms with Crippen molar-refractivity contribution >= 4 is 7.92 Å². The maximum absolute atomic E-state index is 8.67. The van der Waals surface area contributed by atoms with Crippen molar-refractivity contribution < 1.29 is 10.2 Å². The summed E-state index contributed by atoms with van der Waals surface area (Å²) in [7, 11) is 0.107. The molecule has 0 atom stereocenters. The highest BCUT2D eigenvalue weighted by Gasteiger charge is 2.05. The molecule has 0 aromatic carbocycles. The fourth-order valence-electron chi connectivity index (χ4n) is 1.49. The van der Waals surface area contributed by atoms with Crippen molar-refractivity contribution in [3.63, 3.8) is 0 Å². The molecule has 3 nitrogen and oxygen atoms in total. The summed E-state index contributed by atoms with van der Waals surface area (Å²) in [6.45, 7) is 9.23. The fraction of sp³-hybridized carbons (Fsp3) is 1.00. The molecule has 106 valence electrons. The lowest BCUT2D eigenvalue weighted by Crippen LogP contribution is -2.09. The van der Waals surface area contributed by atoms with Crippen LogP contribution in [0.25, 0.3) is 0 Å². The van der Waals surface area contributed by atoms with Crippen LogP contribution in [0, 0.1) is 0 Å². The van der Waals surface area contributed by atoms with Crippen molar-refractivity contribution in [3.8, 4) is 0 Å². The highest BCUT2D eigenvalue weighted by atomic mass is 31.1. The third-order valence-electron chi connectivity index (χ3n) is 2.30. The molecule has 17 heavy (non-hydrogen) atoms. The molecular formula is C13H32NO2P. The molecule has 0 saturated carbocycles. The molecule has 0 unspecified atom stereocenters. The van der Waals surface area contributed by atoms with Crippen molar-refractivity contribution in [2.75, 3.05) is 44.8 Å². The lowest BCUT2D eigenvalue weighted by Gasteiger charge is -2.15. The molecule has 0 amide bonds. The molecule has 0 saturated heterocycles. The van der Waals surface area contributed by atoms with Gasteiger partial charge >= 0.3 is 0 Å². The Hall–Kier alpha value is 0.310. The van der Waals surface area contributed by atoms with Gasteiger partial charge in [0, 0.05) is 13.2 Å². The second-order valence-corrected chi connectivity index (χ2v) is 6.64. The average Bonchev–Trinajstić information content (AvgIpc) is 2.34.